The highest BCUT2D eigenvalue weighted by atomic mass is 32.2. The van der Waals surface area contributed by atoms with Crippen molar-refractivity contribution >= 4 is 39.8 Å². The molecule has 1 N–H and O–H groups in total. The average molecular weight is 284 g/mol. The number of hydrogen-bond donors (Lipinski definition) is 1. The predicted molar refractivity (Wildman–Crippen MR) is 81.0 cm³/mol. The van der Waals surface area contributed by atoms with Gasteiger partial charge in [-0.25, -0.2) is 0 Å². The average Bonchev–Trinajstić information content (AvgIpc) is 2.72. The Balaban J connectivity index is 2.62. The van der Waals surface area contributed by atoms with E-state index in [9.17, 15) is 4.79 Å². The molecule has 7 heteroatoms. The van der Waals surface area contributed by atoms with Crippen LogP contribution in [0.25, 0.3) is 0 Å². The summed E-state index contributed by atoms with van der Waals surface area (Å²) in [4.78, 5) is 17.2. The molecule has 1 fully saturated rings. The summed E-state index contributed by atoms with van der Waals surface area (Å²) in [6.45, 7) is 7.75. The van der Waals surface area contributed by atoms with E-state index in [4.69, 9.17) is 0 Å². The summed E-state index contributed by atoms with van der Waals surface area (Å²) in [7, 11) is 1.69. The molecule has 0 aliphatic carbocycles. The number of carbonyl (C=O) groups is 1. The largest absolute Gasteiger partial charge is 0.285 e. The van der Waals surface area contributed by atoms with Crippen LogP contribution in [-0.2, 0) is 4.79 Å². The molecule has 1 aliphatic rings. The van der Waals surface area contributed by atoms with E-state index in [1.807, 2.05) is 0 Å². The van der Waals surface area contributed by atoms with Gasteiger partial charge in [-0.3, -0.25) is 20.1 Å². The van der Waals surface area contributed by atoms with Crippen molar-refractivity contribution in [1.29, 1.82) is 0 Å². The monoisotopic (exact) mass is 284 g/mol. The van der Waals surface area contributed by atoms with Crippen LogP contribution in [0.1, 0.15) is 0 Å². The van der Waals surface area contributed by atoms with Gasteiger partial charge >= 0.3 is 0 Å². The number of amides is 1. The standard InChI is InChI=1S/C11H16N4OS2/c1-4-6-15-9(16)8-18-11(15)14-13-10(12-3)17-7-5-2/h4-5H,1-2,6-8H2,3H3,(H,12,13)/b14-11-. The zero-order valence-electron chi connectivity index (χ0n) is 10.3. The Bertz CT molecular complexity index is 393. The molecular weight excluding hydrogens is 268 g/mol. The molecule has 0 atom stereocenters. The van der Waals surface area contributed by atoms with Crippen LogP contribution in [0.3, 0.4) is 0 Å². The molecule has 0 spiro atoms. The lowest BCUT2D eigenvalue weighted by atomic mass is 10.5. The van der Waals surface area contributed by atoms with Gasteiger partial charge in [-0.15, -0.1) is 18.3 Å². The third-order valence-corrected chi connectivity index (χ3v) is 3.87. The summed E-state index contributed by atoms with van der Waals surface area (Å²) in [5.74, 6) is 1.23. The van der Waals surface area contributed by atoms with Crippen LogP contribution in [0.4, 0.5) is 0 Å². The number of carbonyl (C=O) groups excluding carboxylic acids is 1. The number of nitrogens with one attached hydrogen (secondary N) is 1. The maximum absolute atomic E-state index is 11.6. The van der Waals surface area contributed by atoms with Gasteiger partial charge in [0.25, 0.3) is 0 Å². The zero-order chi connectivity index (χ0) is 13.4. The van der Waals surface area contributed by atoms with Gasteiger partial charge in [0, 0.05) is 19.3 Å². The smallest absolute Gasteiger partial charge is 0.239 e. The van der Waals surface area contributed by atoms with Crippen LogP contribution in [0.5, 0.6) is 0 Å². The molecule has 1 saturated heterocycles. The number of amidine groups is 2. The van der Waals surface area contributed by atoms with Crippen molar-refractivity contribution in [2.75, 3.05) is 25.1 Å². The van der Waals surface area contributed by atoms with Gasteiger partial charge < -0.3 is 0 Å². The second kappa shape index (κ2) is 7.99. The second-order valence-corrected chi connectivity index (χ2v) is 5.17. The molecule has 1 rings (SSSR count). The summed E-state index contributed by atoms with van der Waals surface area (Å²) < 4.78 is 0. The fourth-order valence-electron chi connectivity index (χ4n) is 1.17. The molecule has 0 aromatic heterocycles. The summed E-state index contributed by atoms with van der Waals surface area (Å²) in [6.07, 6.45) is 3.48. The second-order valence-electron chi connectivity index (χ2n) is 3.22. The SMILES string of the molecule is C=CCSC(=NC)N/N=C1\SCC(=O)N1CC=C. The van der Waals surface area contributed by atoms with Crippen molar-refractivity contribution in [3.8, 4) is 0 Å². The van der Waals surface area contributed by atoms with E-state index in [1.54, 1.807) is 24.1 Å². The summed E-state index contributed by atoms with van der Waals surface area (Å²) >= 11 is 2.91. The number of hydrazone groups is 1. The van der Waals surface area contributed by atoms with Crippen molar-refractivity contribution in [2.24, 2.45) is 10.1 Å². The molecule has 0 unspecified atom stereocenters. The molecule has 1 aliphatic heterocycles. The van der Waals surface area contributed by atoms with Crippen molar-refractivity contribution < 1.29 is 4.79 Å². The molecule has 1 amide bonds. The minimum Gasteiger partial charge on any atom is -0.285 e. The van der Waals surface area contributed by atoms with Gasteiger partial charge in [0.1, 0.15) is 0 Å². The fourth-order valence-corrected chi connectivity index (χ4v) is 2.54. The minimum atomic E-state index is 0.0502. The van der Waals surface area contributed by atoms with Crippen LogP contribution < -0.4 is 5.43 Å². The maximum atomic E-state index is 11.6. The lowest BCUT2D eigenvalue weighted by Gasteiger charge is -2.13. The van der Waals surface area contributed by atoms with E-state index < -0.39 is 0 Å². The van der Waals surface area contributed by atoms with Gasteiger partial charge in [0.05, 0.1) is 5.75 Å². The Hall–Kier alpha value is -1.21. The topological polar surface area (TPSA) is 57.1 Å². The van der Waals surface area contributed by atoms with E-state index in [0.717, 1.165) is 5.75 Å². The Morgan fingerprint density at radius 2 is 2.39 bits per heavy atom. The quantitative estimate of drug-likeness (QED) is 0.360. The summed E-state index contributed by atoms with van der Waals surface area (Å²) in [5, 5.41) is 5.55. The van der Waals surface area contributed by atoms with Crippen LogP contribution in [-0.4, -0.2) is 46.2 Å². The van der Waals surface area contributed by atoms with Gasteiger partial charge in [-0.1, -0.05) is 35.7 Å². The lowest BCUT2D eigenvalue weighted by Crippen LogP contribution is -2.31. The lowest BCUT2D eigenvalue weighted by molar-refractivity contribution is -0.123. The molecule has 0 aromatic rings. The van der Waals surface area contributed by atoms with Crippen LogP contribution in [0.15, 0.2) is 35.4 Å². The highest BCUT2D eigenvalue weighted by Gasteiger charge is 2.27. The Labute approximate surface area is 115 Å². The molecule has 18 heavy (non-hydrogen) atoms. The number of thioether (sulfide) groups is 2. The predicted octanol–water partition coefficient (Wildman–Crippen LogP) is 1.51. The number of aliphatic imine (C=N–C) groups is 1. The number of hydrogen-bond acceptors (Lipinski definition) is 5. The van der Waals surface area contributed by atoms with Crippen LogP contribution in [0, 0.1) is 0 Å². The van der Waals surface area contributed by atoms with Crippen molar-refractivity contribution in [3.05, 3.63) is 25.3 Å². The zero-order valence-corrected chi connectivity index (χ0v) is 11.9. The fraction of sp³-hybridized carbons (Fsp3) is 0.364. The van der Waals surface area contributed by atoms with Crippen molar-refractivity contribution in [1.82, 2.24) is 10.3 Å². The molecule has 5 nitrogen and oxygen atoms in total. The van der Waals surface area contributed by atoms with E-state index in [0.29, 0.717) is 22.6 Å². The highest BCUT2D eigenvalue weighted by molar-refractivity contribution is 8.15. The third-order valence-electron chi connectivity index (χ3n) is 1.96. The first-order valence-corrected chi connectivity index (χ1v) is 7.28. The Morgan fingerprint density at radius 3 is 3.00 bits per heavy atom. The summed E-state index contributed by atoms with van der Waals surface area (Å²) in [6, 6.07) is 0. The first kappa shape index (κ1) is 14.8. The van der Waals surface area contributed by atoms with Crippen LogP contribution >= 0.6 is 23.5 Å². The molecule has 0 bridgehead atoms. The molecule has 0 aromatic carbocycles. The Morgan fingerprint density at radius 1 is 1.61 bits per heavy atom. The van der Waals surface area contributed by atoms with Crippen molar-refractivity contribution in [3.63, 3.8) is 0 Å². The molecule has 98 valence electrons. The molecular formula is C11H16N4OS2. The normalized spacial score (nSPS) is 18.3. The first-order valence-electron chi connectivity index (χ1n) is 5.31. The highest BCUT2D eigenvalue weighted by Crippen LogP contribution is 2.18. The van der Waals surface area contributed by atoms with Gasteiger partial charge in [-0.2, -0.15) is 0 Å². The van der Waals surface area contributed by atoms with Gasteiger partial charge in [0.2, 0.25) is 5.91 Å². The van der Waals surface area contributed by atoms with E-state index in [-0.39, 0.29) is 5.91 Å². The molecule has 0 radical (unpaired) electrons. The van der Waals surface area contributed by atoms with Crippen LogP contribution in [0.2, 0.25) is 0 Å². The molecule has 1 heterocycles. The number of rotatable bonds is 5. The van der Waals surface area contributed by atoms with E-state index in [2.05, 4.69) is 28.7 Å². The first-order chi connectivity index (χ1) is 8.72. The Kier molecular flexibility index (Phi) is 6.59. The molecule has 0 saturated carbocycles. The number of nitrogens with zero attached hydrogens (tertiary/aromatic N) is 3. The van der Waals surface area contributed by atoms with E-state index in [1.165, 1.54) is 23.5 Å². The minimum absolute atomic E-state index is 0.0502. The van der Waals surface area contributed by atoms with E-state index >= 15 is 0 Å². The van der Waals surface area contributed by atoms with Gasteiger partial charge in [0.15, 0.2) is 10.3 Å². The maximum Gasteiger partial charge on any atom is 0.239 e. The third kappa shape index (κ3) is 4.23. The van der Waals surface area contributed by atoms with Crippen molar-refractivity contribution in [2.45, 2.75) is 0 Å². The summed E-state index contributed by atoms with van der Waals surface area (Å²) in [5.41, 5.74) is 2.86. The van der Waals surface area contributed by atoms with Gasteiger partial charge in [-0.05, 0) is 0 Å².